The minimum atomic E-state index is -0.645. The number of ketones is 1. The minimum Gasteiger partial charge on any atom is -0.494 e. The summed E-state index contributed by atoms with van der Waals surface area (Å²) in [4.78, 5) is 50.0. The number of aromatic nitrogens is 6. The summed E-state index contributed by atoms with van der Waals surface area (Å²) in [6, 6.07) is 0. The Hall–Kier alpha value is -4.37. The van der Waals surface area contributed by atoms with Crippen molar-refractivity contribution < 1.29 is 14.3 Å². The van der Waals surface area contributed by atoms with Crippen LogP contribution in [-0.2, 0) is 4.79 Å². The van der Waals surface area contributed by atoms with Crippen LogP contribution in [0.1, 0.15) is 16.2 Å². The number of nitrogens with two attached hydrogens (primary N) is 1. The number of aromatic amines is 1. The second-order valence-corrected chi connectivity index (χ2v) is 8.71. The van der Waals surface area contributed by atoms with Crippen molar-refractivity contribution in [1.82, 2.24) is 44.9 Å². The maximum atomic E-state index is 13.3. The van der Waals surface area contributed by atoms with Gasteiger partial charge in [0.1, 0.15) is 17.9 Å². The number of aliphatic imine (C=N–C) groups is 1. The van der Waals surface area contributed by atoms with Crippen molar-refractivity contribution in [2.24, 2.45) is 10.8 Å². The number of fused-ring (bicyclic) bond motifs is 1. The highest BCUT2D eigenvalue weighted by Gasteiger charge is 2.31. The van der Waals surface area contributed by atoms with Gasteiger partial charge in [-0.05, 0) is 6.92 Å². The molecule has 4 aromatic heterocycles. The molecule has 1 amide bonds. The second-order valence-electron chi connectivity index (χ2n) is 7.84. The number of aryl methyl sites for hydroxylation is 1. The molecule has 5 heterocycles. The Morgan fingerprint density at radius 3 is 2.61 bits per heavy atom. The summed E-state index contributed by atoms with van der Waals surface area (Å²) in [6.07, 6.45) is 6.17. The molecule has 1 saturated heterocycles. The van der Waals surface area contributed by atoms with Gasteiger partial charge < -0.3 is 19.5 Å². The summed E-state index contributed by atoms with van der Waals surface area (Å²) < 4.78 is 6.95. The zero-order valence-corrected chi connectivity index (χ0v) is 20.3. The molecule has 1 aliphatic rings. The molecule has 0 aromatic carbocycles. The lowest BCUT2D eigenvalue weighted by molar-refractivity contribution is -0.127. The number of thiazole rings is 1. The number of amides is 1. The SMILES string of the molecule is COc1cnc(-n2cnc(C)n2)c2[nH]cc(C(=O)C(=O)N3CCN(/C(=N\c4nccs4)NN)CC3)c12. The first kappa shape index (κ1) is 23.4. The van der Waals surface area contributed by atoms with E-state index in [1.807, 2.05) is 10.3 Å². The lowest BCUT2D eigenvalue weighted by Crippen LogP contribution is -2.55. The van der Waals surface area contributed by atoms with Crippen LogP contribution < -0.4 is 16.0 Å². The lowest BCUT2D eigenvalue weighted by Gasteiger charge is -2.35. The number of Topliss-reactive ketones (excluding diaryl/α,β-unsaturated/α-hetero) is 1. The van der Waals surface area contributed by atoms with Crippen LogP contribution in [0, 0.1) is 6.92 Å². The Kier molecular flexibility index (Phi) is 6.30. The van der Waals surface area contributed by atoms with Crippen LogP contribution in [0.5, 0.6) is 5.75 Å². The van der Waals surface area contributed by atoms with Gasteiger partial charge in [0.2, 0.25) is 11.1 Å². The number of carbonyl (C=O) groups is 2. The van der Waals surface area contributed by atoms with Gasteiger partial charge in [-0.2, -0.15) is 10.1 Å². The van der Waals surface area contributed by atoms with E-state index in [2.05, 4.69) is 35.5 Å². The first-order chi connectivity index (χ1) is 17.5. The van der Waals surface area contributed by atoms with Crippen molar-refractivity contribution >= 4 is 45.0 Å². The van der Waals surface area contributed by atoms with Gasteiger partial charge in [-0.15, -0.1) is 11.3 Å². The summed E-state index contributed by atoms with van der Waals surface area (Å²) in [5.74, 6) is 6.23. The third-order valence-electron chi connectivity index (χ3n) is 5.75. The Morgan fingerprint density at radius 2 is 1.97 bits per heavy atom. The first-order valence-corrected chi connectivity index (χ1v) is 11.8. The number of nitrogens with zero attached hydrogens (tertiary/aromatic N) is 8. The van der Waals surface area contributed by atoms with Gasteiger partial charge in [0.25, 0.3) is 11.7 Å². The predicted octanol–water partition coefficient (Wildman–Crippen LogP) is 0.395. The van der Waals surface area contributed by atoms with Crippen LogP contribution in [0.3, 0.4) is 0 Å². The number of pyridine rings is 1. The van der Waals surface area contributed by atoms with Crippen LogP contribution in [0.2, 0.25) is 0 Å². The van der Waals surface area contributed by atoms with Crippen LogP contribution in [0.4, 0.5) is 5.13 Å². The molecule has 36 heavy (non-hydrogen) atoms. The number of hydrogen-bond acceptors (Lipinski definition) is 10. The molecule has 15 heteroatoms. The van der Waals surface area contributed by atoms with E-state index in [9.17, 15) is 9.59 Å². The van der Waals surface area contributed by atoms with Crippen molar-refractivity contribution in [1.29, 1.82) is 0 Å². The van der Waals surface area contributed by atoms with Gasteiger partial charge in [-0.3, -0.25) is 15.0 Å². The third-order valence-corrected chi connectivity index (χ3v) is 6.42. The molecule has 0 atom stereocenters. The van der Waals surface area contributed by atoms with E-state index in [1.54, 1.807) is 13.1 Å². The average Bonchev–Trinajstić information content (AvgIpc) is 3.67. The molecule has 1 fully saturated rings. The molecule has 0 radical (unpaired) electrons. The number of hydrogen-bond donors (Lipinski definition) is 3. The molecule has 186 valence electrons. The van der Waals surface area contributed by atoms with E-state index in [0.717, 1.165) is 0 Å². The summed E-state index contributed by atoms with van der Waals surface area (Å²) >= 11 is 1.39. The van der Waals surface area contributed by atoms with Crippen LogP contribution in [-0.4, -0.2) is 90.5 Å². The number of nitrogens with one attached hydrogen (secondary N) is 2. The predicted molar refractivity (Wildman–Crippen MR) is 131 cm³/mol. The normalized spacial score (nSPS) is 14.4. The van der Waals surface area contributed by atoms with Gasteiger partial charge in [0.15, 0.2) is 5.82 Å². The molecule has 4 N–H and O–H groups in total. The molecule has 0 saturated carbocycles. The van der Waals surface area contributed by atoms with Crippen molar-refractivity contribution in [3.8, 4) is 11.6 Å². The minimum absolute atomic E-state index is 0.199. The summed E-state index contributed by atoms with van der Waals surface area (Å²) in [6.45, 7) is 3.31. The molecule has 0 aliphatic carbocycles. The fourth-order valence-corrected chi connectivity index (χ4v) is 4.50. The maximum Gasteiger partial charge on any atom is 0.295 e. The average molecular weight is 510 g/mol. The third kappa shape index (κ3) is 4.25. The molecule has 14 nitrogen and oxygen atoms in total. The van der Waals surface area contributed by atoms with E-state index in [-0.39, 0.29) is 5.56 Å². The molecule has 0 unspecified atom stereocenters. The van der Waals surface area contributed by atoms with E-state index >= 15 is 0 Å². The monoisotopic (exact) mass is 509 g/mol. The summed E-state index contributed by atoms with van der Waals surface area (Å²) in [5.41, 5.74) is 3.30. The van der Waals surface area contributed by atoms with Crippen LogP contribution in [0.15, 0.2) is 35.3 Å². The molecule has 1 aliphatic heterocycles. The molecule has 5 rings (SSSR count). The molecule has 0 spiro atoms. The van der Waals surface area contributed by atoms with Crippen LogP contribution in [0.25, 0.3) is 16.7 Å². The highest BCUT2D eigenvalue weighted by Crippen LogP contribution is 2.31. The van der Waals surface area contributed by atoms with Gasteiger partial charge in [0.05, 0.1) is 29.8 Å². The highest BCUT2D eigenvalue weighted by atomic mass is 32.1. The Bertz CT molecular complexity index is 1430. The Labute approximate surface area is 208 Å². The van der Waals surface area contributed by atoms with E-state index in [1.165, 1.54) is 46.7 Å². The van der Waals surface area contributed by atoms with E-state index in [4.69, 9.17) is 10.6 Å². The molecule has 0 bridgehead atoms. The van der Waals surface area contributed by atoms with Gasteiger partial charge in [-0.1, -0.05) is 0 Å². The fraction of sp³-hybridized carbons (Fsp3) is 0.286. The number of piperazine rings is 1. The molecular formula is C21H23N11O3S. The molecular weight excluding hydrogens is 486 g/mol. The second kappa shape index (κ2) is 9.71. The highest BCUT2D eigenvalue weighted by molar-refractivity contribution is 7.13. The smallest absolute Gasteiger partial charge is 0.295 e. The van der Waals surface area contributed by atoms with Gasteiger partial charge in [-0.25, -0.2) is 25.5 Å². The lowest BCUT2D eigenvalue weighted by atomic mass is 10.1. The molecule has 4 aromatic rings. The first-order valence-electron chi connectivity index (χ1n) is 11.0. The largest absolute Gasteiger partial charge is 0.494 e. The number of H-pyrrole nitrogens is 1. The summed E-state index contributed by atoms with van der Waals surface area (Å²) in [5, 5.41) is 7.14. The number of methoxy groups -OCH3 is 1. The number of rotatable bonds is 5. The fourth-order valence-electron chi connectivity index (χ4n) is 4.00. The van der Waals surface area contributed by atoms with E-state index < -0.39 is 11.7 Å². The number of hydrazine groups is 1. The number of carbonyl (C=O) groups excluding carboxylic acids is 2. The van der Waals surface area contributed by atoms with Crippen LogP contribution >= 0.6 is 11.3 Å². The van der Waals surface area contributed by atoms with Crippen molar-refractivity contribution in [3.63, 3.8) is 0 Å². The summed E-state index contributed by atoms with van der Waals surface area (Å²) in [7, 11) is 1.48. The Morgan fingerprint density at radius 1 is 1.19 bits per heavy atom. The Balaban J connectivity index is 1.36. The van der Waals surface area contributed by atoms with E-state index in [0.29, 0.717) is 65.6 Å². The zero-order valence-electron chi connectivity index (χ0n) is 19.5. The topological polar surface area (TPSA) is 173 Å². The quantitative estimate of drug-likeness (QED) is 0.0853. The van der Waals surface area contributed by atoms with Gasteiger partial charge in [0, 0.05) is 44.0 Å². The van der Waals surface area contributed by atoms with Crippen molar-refractivity contribution in [3.05, 3.63) is 41.7 Å². The number of guanidine groups is 1. The van der Waals surface area contributed by atoms with Crippen molar-refractivity contribution in [2.45, 2.75) is 6.92 Å². The van der Waals surface area contributed by atoms with Gasteiger partial charge >= 0.3 is 0 Å². The maximum absolute atomic E-state index is 13.3. The van der Waals surface area contributed by atoms with Crippen molar-refractivity contribution in [2.75, 3.05) is 33.3 Å². The standard InChI is InChI=1S/C21H23N11O3S/c1-12-26-11-32(29-12)18-16-15(14(35-2)10-25-18)13(9-24-16)17(33)19(34)30-4-6-31(7-5-30)20(28-22)27-21-23-3-8-36-21/h3,8-11,24H,4-7,22H2,1-2H3,(H,23,27,28). The number of ether oxygens (including phenoxy) is 1. The zero-order chi connectivity index (χ0) is 25.2.